The summed E-state index contributed by atoms with van der Waals surface area (Å²) < 4.78 is 7.34. The molecule has 0 atom stereocenters. The maximum absolute atomic E-state index is 5.86. The third kappa shape index (κ3) is 2.30. The van der Waals surface area contributed by atoms with E-state index in [-0.39, 0.29) is 0 Å². The van der Waals surface area contributed by atoms with E-state index in [1.54, 1.807) is 10.8 Å². The van der Waals surface area contributed by atoms with Gasteiger partial charge >= 0.3 is 0 Å². The van der Waals surface area contributed by atoms with Crippen LogP contribution >= 0.6 is 11.6 Å². The maximum atomic E-state index is 5.86. The van der Waals surface area contributed by atoms with Crippen LogP contribution in [0.1, 0.15) is 5.82 Å². The van der Waals surface area contributed by atoms with Crippen LogP contribution in [0.3, 0.4) is 0 Å². The standard InChI is InChI=1S/C11H11ClN2O/c1-14-10(12)7-13-11(14)8-15-9-5-3-2-4-6-9/h2-7H,8H2,1H3. The molecule has 15 heavy (non-hydrogen) atoms. The normalized spacial score (nSPS) is 10.3. The predicted octanol–water partition coefficient (Wildman–Crippen LogP) is 2.65. The molecule has 0 bridgehead atoms. The number of ether oxygens (including phenoxy) is 1. The van der Waals surface area contributed by atoms with Crippen molar-refractivity contribution in [2.24, 2.45) is 7.05 Å². The van der Waals surface area contributed by atoms with Gasteiger partial charge in [0.05, 0.1) is 6.20 Å². The summed E-state index contributed by atoms with van der Waals surface area (Å²) in [6, 6.07) is 9.63. The van der Waals surface area contributed by atoms with Crippen LogP contribution in [0.2, 0.25) is 5.15 Å². The van der Waals surface area contributed by atoms with E-state index in [9.17, 15) is 0 Å². The second-order valence-corrected chi connectivity index (χ2v) is 3.55. The van der Waals surface area contributed by atoms with Crippen molar-refractivity contribution < 1.29 is 4.74 Å². The summed E-state index contributed by atoms with van der Waals surface area (Å²) in [4.78, 5) is 4.14. The lowest BCUT2D eigenvalue weighted by Gasteiger charge is -2.05. The van der Waals surface area contributed by atoms with Gasteiger partial charge in [0.1, 0.15) is 23.3 Å². The molecule has 0 aliphatic carbocycles. The molecule has 2 rings (SSSR count). The second kappa shape index (κ2) is 4.36. The zero-order valence-corrected chi connectivity index (χ0v) is 9.11. The molecule has 2 aromatic rings. The Morgan fingerprint density at radius 3 is 2.67 bits per heavy atom. The van der Waals surface area contributed by atoms with E-state index >= 15 is 0 Å². The summed E-state index contributed by atoms with van der Waals surface area (Å²) in [5, 5.41) is 0.613. The van der Waals surface area contributed by atoms with E-state index in [4.69, 9.17) is 16.3 Å². The first kappa shape index (κ1) is 10.1. The van der Waals surface area contributed by atoms with Crippen LogP contribution < -0.4 is 4.74 Å². The number of hydrogen-bond donors (Lipinski definition) is 0. The van der Waals surface area contributed by atoms with Crippen molar-refractivity contribution in [3.8, 4) is 5.75 Å². The molecule has 0 spiro atoms. The molecule has 0 saturated heterocycles. The quantitative estimate of drug-likeness (QED) is 0.799. The van der Waals surface area contributed by atoms with Crippen LogP contribution in [0.5, 0.6) is 5.75 Å². The van der Waals surface area contributed by atoms with Gasteiger partial charge in [0.15, 0.2) is 0 Å². The van der Waals surface area contributed by atoms with Crippen molar-refractivity contribution in [3.05, 3.63) is 47.5 Å². The van der Waals surface area contributed by atoms with Crippen molar-refractivity contribution in [3.63, 3.8) is 0 Å². The predicted molar refractivity (Wildman–Crippen MR) is 59.0 cm³/mol. The van der Waals surface area contributed by atoms with Crippen LogP contribution in [-0.2, 0) is 13.7 Å². The lowest BCUT2D eigenvalue weighted by Crippen LogP contribution is -2.03. The first-order chi connectivity index (χ1) is 7.27. The maximum Gasteiger partial charge on any atom is 0.147 e. The van der Waals surface area contributed by atoms with E-state index in [0.29, 0.717) is 11.8 Å². The van der Waals surface area contributed by atoms with E-state index in [1.165, 1.54) is 0 Å². The number of benzene rings is 1. The highest BCUT2D eigenvalue weighted by atomic mass is 35.5. The molecule has 0 N–H and O–H groups in total. The van der Waals surface area contributed by atoms with E-state index in [2.05, 4.69) is 4.98 Å². The monoisotopic (exact) mass is 222 g/mol. The van der Waals surface area contributed by atoms with Crippen molar-refractivity contribution in [2.45, 2.75) is 6.61 Å². The zero-order chi connectivity index (χ0) is 10.7. The Kier molecular flexibility index (Phi) is 2.92. The number of rotatable bonds is 3. The number of halogens is 1. The molecule has 1 heterocycles. The van der Waals surface area contributed by atoms with Crippen LogP contribution in [0.15, 0.2) is 36.5 Å². The van der Waals surface area contributed by atoms with Gasteiger partial charge in [-0.15, -0.1) is 0 Å². The van der Waals surface area contributed by atoms with Gasteiger partial charge in [0.2, 0.25) is 0 Å². The second-order valence-electron chi connectivity index (χ2n) is 3.16. The molecule has 3 nitrogen and oxygen atoms in total. The minimum atomic E-state index is 0.424. The summed E-state index contributed by atoms with van der Waals surface area (Å²) in [5.74, 6) is 1.64. The van der Waals surface area contributed by atoms with Gasteiger partial charge in [-0.2, -0.15) is 0 Å². The molecule has 1 aromatic carbocycles. The summed E-state index contributed by atoms with van der Waals surface area (Å²) in [7, 11) is 1.86. The Balaban J connectivity index is 2.02. The van der Waals surface area contributed by atoms with Gasteiger partial charge in [0.25, 0.3) is 0 Å². The third-order valence-electron chi connectivity index (χ3n) is 2.14. The summed E-state index contributed by atoms with van der Waals surface area (Å²) in [6.45, 7) is 0.424. The summed E-state index contributed by atoms with van der Waals surface area (Å²) in [6.07, 6.45) is 1.62. The van der Waals surface area contributed by atoms with E-state index < -0.39 is 0 Å². The average Bonchev–Trinajstić information content (AvgIpc) is 2.59. The first-order valence-corrected chi connectivity index (χ1v) is 4.99. The molecule has 0 radical (unpaired) electrons. The number of nitrogens with zero attached hydrogens (tertiary/aromatic N) is 2. The molecule has 0 aliphatic heterocycles. The molecular formula is C11H11ClN2O. The third-order valence-corrected chi connectivity index (χ3v) is 2.49. The lowest BCUT2D eigenvalue weighted by molar-refractivity contribution is 0.292. The van der Waals surface area contributed by atoms with Gasteiger partial charge in [-0.1, -0.05) is 29.8 Å². The highest BCUT2D eigenvalue weighted by Crippen LogP contribution is 2.13. The van der Waals surface area contributed by atoms with Crippen molar-refractivity contribution in [1.82, 2.24) is 9.55 Å². The van der Waals surface area contributed by atoms with Gasteiger partial charge < -0.3 is 9.30 Å². The Morgan fingerprint density at radius 2 is 2.07 bits per heavy atom. The molecule has 4 heteroatoms. The Bertz CT molecular complexity index is 439. The highest BCUT2D eigenvalue weighted by Gasteiger charge is 2.04. The van der Waals surface area contributed by atoms with E-state index in [1.807, 2.05) is 37.4 Å². The molecule has 0 saturated carbocycles. The van der Waals surface area contributed by atoms with Gasteiger partial charge in [-0.25, -0.2) is 4.98 Å². The SMILES string of the molecule is Cn1c(Cl)cnc1COc1ccccc1. The van der Waals surface area contributed by atoms with E-state index in [0.717, 1.165) is 11.6 Å². The largest absolute Gasteiger partial charge is 0.486 e. The number of imidazole rings is 1. The Morgan fingerprint density at radius 1 is 1.33 bits per heavy atom. The highest BCUT2D eigenvalue weighted by molar-refractivity contribution is 6.29. The average molecular weight is 223 g/mol. The fourth-order valence-electron chi connectivity index (χ4n) is 1.22. The summed E-state index contributed by atoms with van der Waals surface area (Å²) in [5.41, 5.74) is 0. The first-order valence-electron chi connectivity index (χ1n) is 4.61. The zero-order valence-electron chi connectivity index (χ0n) is 8.35. The number of hydrogen-bond acceptors (Lipinski definition) is 2. The fourth-order valence-corrected chi connectivity index (χ4v) is 1.37. The number of aromatic nitrogens is 2. The minimum Gasteiger partial charge on any atom is -0.486 e. The van der Waals surface area contributed by atoms with Gasteiger partial charge in [-0.3, -0.25) is 0 Å². The molecule has 78 valence electrons. The Labute approximate surface area is 93.3 Å². The molecule has 0 amide bonds. The van der Waals surface area contributed by atoms with Crippen molar-refractivity contribution in [2.75, 3.05) is 0 Å². The smallest absolute Gasteiger partial charge is 0.147 e. The molecular weight excluding hydrogens is 212 g/mol. The van der Waals surface area contributed by atoms with Crippen LogP contribution in [0.4, 0.5) is 0 Å². The molecule has 0 unspecified atom stereocenters. The molecule has 0 aliphatic rings. The fraction of sp³-hybridized carbons (Fsp3) is 0.182. The lowest BCUT2D eigenvalue weighted by atomic mass is 10.3. The van der Waals surface area contributed by atoms with Crippen molar-refractivity contribution in [1.29, 1.82) is 0 Å². The van der Waals surface area contributed by atoms with Gasteiger partial charge in [-0.05, 0) is 12.1 Å². The van der Waals surface area contributed by atoms with Crippen LogP contribution in [0, 0.1) is 0 Å². The number of para-hydroxylation sites is 1. The van der Waals surface area contributed by atoms with Gasteiger partial charge in [0, 0.05) is 7.05 Å². The molecule has 1 aromatic heterocycles. The topological polar surface area (TPSA) is 27.1 Å². The van der Waals surface area contributed by atoms with Crippen LogP contribution in [-0.4, -0.2) is 9.55 Å². The minimum absolute atomic E-state index is 0.424. The molecule has 0 fully saturated rings. The summed E-state index contributed by atoms with van der Waals surface area (Å²) >= 11 is 5.86. The van der Waals surface area contributed by atoms with Crippen LogP contribution in [0.25, 0.3) is 0 Å². The Hall–Kier alpha value is -1.48. The van der Waals surface area contributed by atoms with Crippen molar-refractivity contribution >= 4 is 11.6 Å².